The van der Waals surface area contributed by atoms with E-state index >= 15 is 0 Å². The molecule has 0 fully saturated rings. The van der Waals surface area contributed by atoms with Crippen LogP contribution in [0.3, 0.4) is 0 Å². The Morgan fingerprint density at radius 2 is 1.76 bits per heavy atom. The van der Waals surface area contributed by atoms with Gasteiger partial charge in [0.15, 0.2) is 17.3 Å². The van der Waals surface area contributed by atoms with Crippen LogP contribution in [0.2, 0.25) is 0 Å². The molecule has 33 heavy (non-hydrogen) atoms. The molecule has 0 unspecified atom stereocenters. The molecule has 0 radical (unpaired) electrons. The quantitative estimate of drug-likeness (QED) is 0.385. The Labute approximate surface area is 191 Å². The Balaban J connectivity index is 1.49. The summed E-state index contributed by atoms with van der Waals surface area (Å²) in [6, 6.07) is 17.4. The molecule has 1 aliphatic rings. The van der Waals surface area contributed by atoms with Gasteiger partial charge in [0.05, 0.1) is 32.5 Å². The molecule has 0 saturated heterocycles. The number of methoxy groups -OCH3 is 3. The molecule has 0 aliphatic carbocycles. The van der Waals surface area contributed by atoms with Gasteiger partial charge in [0.2, 0.25) is 5.78 Å². The van der Waals surface area contributed by atoms with Crippen LogP contribution in [-0.4, -0.2) is 33.1 Å². The highest BCUT2D eigenvalue weighted by molar-refractivity contribution is 6.14. The van der Waals surface area contributed by atoms with E-state index in [-0.39, 0.29) is 18.1 Å². The zero-order chi connectivity index (χ0) is 23.4. The lowest BCUT2D eigenvalue weighted by Crippen LogP contribution is -2.02. The van der Waals surface area contributed by atoms with Gasteiger partial charge in [0, 0.05) is 11.6 Å². The van der Waals surface area contributed by atoms with Gasteiger partial charge in [-0.25, -0.2) is 4.79 Å². The molecule has 0 N–H and O–H groups in total. The van der Waals surface area contributed by atoms with Crippen molar-refractivity contribution in [2.75, 3.05) is 21.3 Å². The predicted molar refractivity (Wildman–Crippen MR) is 121 cm³/mol. The molecule has 1 heterocycles. The van der Waals surface area contributed by atoms with Crippen molar-refractivity contribution in [2.45, 2.75) is 6.61 Å². The minimum atomic E-state index is -0.390. The minimum Gasteiger partial charge on any atom is -0.493 e. The number of fused-ring (bicyclic) bond motifs is 1. The Kier molecular flexibility index (Phi) is 6.31. The zero-order valence-corrected chi connectivity index (χ0v) is 18.4. The van der Waals surface area contributed by atoms with Crippen molar-refractivity contribution in [3.05, 3.63) is 88.7 Å². The molecule has 0 amide bonds. The van der Waals surface area contributed by atoms with Gasteiger partial charge in [-0.2, -0.15) is 0 Å². The fourth-order valence-electron chi connectivity index (χ4n) is 3.45. The maximum Gasteiger partial charge on any atom is 0.337 e. The third kappa shape index (κ3) is 4.52. The van der Waals surface area contributed by atoms with Gasteiger partial charge < -0.3 is 23.7 Å². The fourth-order valence-corrected chi connectivity index (χ4v) is 3.45. The van der Waals surface area contributed by atoms with Gasteiger partial charge >= 0.3 is 5.97 Å². The van der Waals surface area contributed by atoms with E-state index in [2.05, 4.69) is 0 Å². The first kappa shape index (κ1) is 22.0. The van der Waals surface area contributed by atoms with Gasteiger partial charge in [0.1, 0.15) is 18.1 Å². The summed E-state index contributed by atoms with van der Waals surface area (Å²) in [4.78, 5) is 24.3. The van der Waals surface area contributed by atoms with E-state index in [0.29, 0.717) is 39.7 Å². The first-order valence-electron chi connectivity index (χ1n) is 10.1. The predicted octanol–water partition coefficient (Wildman–Crippen LogP) is 4.69. The van der Waals surface area contributed by atoms with Crippen LogP contribution in [0.15, 0.2) is 66.4 Å². The second-order valence-corrected chi connectivity index (χ2v) is 7.16. The van der Waals surface area contributed by atoms with Crippen LogP contribution in [0, 0.1) is 0 Å². The van der Waals surface area contributed by atoms with Gasteiger partial charge in [-0.1, -0.05) is 24.3 Å². The lowest BCUT2D eigenvalue weighted by Gasteiger charge is -2.10. The molecule has 4 rings (SSSR count). The molecule has 0 bridgehead atoms. The average molecular weight is 446 g/mol. The van der Waals surface area contributed by atoms with Crippen molar-refractivity contribution >= 4 is 17.8 Å². The lowest BCUT2D eigenvalue weighted by atomic mass is 10.1. The number of hydrogen-bond donors (Lipinski definition) is 0. The summed E-state index contributed by atoms with van der Waals surface area (Å²) in [6.45, 7) is 0.290. The van der Waals surface area contributed by atoms with Crippen molar-refractivity contribution in [1.29, 1.82) is 0 Å². The molecule has 3 aromatic rings. The van der Waals surface area contributed by atoms with Gasteiger partial charge in [-0.3, -0.25) is 4.79 Å². The van der Waals surface area contributed by atoms with Crippen LogP contribution in [-0.2, 0) is 11.3 Å². The number of benzene rings is 3. The summed E-state index contributed by atoms with van der Waals surface area (Å²) in [6.07, 6.45) is 1.63. The van der Waals surface area contributed by atoms with Crippen molar-refractivity contribution in [2.24, 2.45) is 0 Å². The molecule has 0 spiro atoms. The number of para-hydroxylation sites is 1. The van der Waals surface area contributed by atoms with E-state index in [1.165, 1.54) is 7.11 Å². The highest BCUT2D eigenvalue weighted by Gasteiger charge is 2.28. The number of esters is 1. The Morgan fingerprint density at radius 1 is 0.970 bits per heavy atom. The van der Waals surface area contributed by atoms with Crippen LogP contribution < -0.4 is 18.9 Å². The molecule has 3 aromatic carbocycles. The summed E-state index contributed by atoms with van der Waals surface area (Å²) in [7, 11) is 4.43. The summed E-state index contributed by atoms with van der Waals surface area (Å²) < 4.78 is 27.1. The molecule has 7 heteroatoms. The van der Waals surface area contributed by atoms with Crippen LogP contribution in [0.25, 0.3) is 6.08 Å². The normalized spacial score (nSPS) is 13.3. The van der Waals surface area contributed by atoms with Crippen molar-refractivity contribution in [3.63, 3.8) is 0 Å². The number of Topliss-reactive ketones (excluding diaryl/α,β-unsaturated/α-hetero) is 1. The monoisotopic (exact) mass is 446 g/mol. The number of rotatable bonds is 7. The first-order valence-corrected chi connectivity index (χ1v) is 10.1. The van der Waals surface area contributed by atoms with E-state index in [0.717, 1.165) is 5.56 Å². The zero-order valence-electron chi connectivity index (χ0n) is 18.4. The van der Waals surface area contributed by atoms with Crippen molar-refractivity contribution in [1.82, 2.24) is 0 Å². The smallest absolute Gasteiger partial charge is 0.337 e. The summed E-state index contributed by atoms with van der Waals surface area (Å²) >= 11 is 0. The molecule has 0 atom stereocenters. The molecule has 0 saturated carbocycles. The first-order chi connectivity index (χ1) is 16.0. The van der Waals surface area contributed by atoms with Gasteiger partial charge in [-0.05, 0) is 42.0 Å². The average Bonchev–Trinajstić information content (AvgIpc) is 3.16. The van der Waals surface area contributed by atoms with Gasteiger partial charge in [-0.15, -0.1) is 0 Å². The number of carbonyl (C=O) groups is 2. The van der Waals surface area contributed by atoms with E-state index in [1.807, 2.05) is 12.1 Å². The molecule has 1 aliphatic heterocycles. The lowest BCUT2D eigenvalue weighted by molar-refractivity contribution is 0.0600. The Bertz CT molecular complexity index is 1230. The Morgan fingerprint density at radius 3 is 2.45 bits per heavy atom. The standard InChI is InChI=1S/C26H22O7/c1-29-21-6-4-5-18(25(21)30-2)13-23-24(27)20-12-11-19(14-22(20)33-23)32-15-16-7-9-17(10-8-16)26(28)31-3/h4-14H,15H2,1-3H3. The van der Waals surface area contributed by atoms with E-state index in [1.54, 1.807) is 68.8 Å². The number of hydrogen-bond acceptors (Lipinski definition) is 7. The van der Waals surface area contributed by atoms with Gasteiger partial charge in [0.25, 0.3) is 0 Å². The summed E-state index contributed by atoms with van der Waals surface area (Å²) in [5.74, 6) is 1.63. The second-order valence-electron chi connectivity index (χ2n) is 7.16. The summed E-state index contributed by atoms with van der Waals surface area (Å²) in [5.41, 5.74) is 2.47. The third-order valence-electron chi connectivity index (χ3n) is 5.14. The minimum absolute atomic E-state index is 0.187. The van der Waals surface area contributed by atoms with Crippen LogP contribution in [0.4, 0.5) is 0 Å². The van der Waals surface area contributed by atoms with Crippen LogP contribution in [0.5, 0.6) is 23.0 Å². The third-order valence-corrected chi connectivity index (χ3v) is 5.14. The molecule has 7 nitrogen and oxygen atoms in total. The second kappa shape index (κ2) is 9.48. The summed E-state index contributed by atoms with van der Waals surface area (Å²) in [5, 5.41) is 0. The highest BCUT2D eigenvalue weighted by atomic mass is 16.5. The number of carbonyl (C=O) groups excluding carboxylic acids is 2. The molecular formula is C26H22O7. The number of ether oxygens (including phenoxy) is 5. The largest absolute Gasteiger partial charge is 0.493 e. The van der Waals surface area contributed by atoms with E-state index in [4.69, 9.17) is 23.7 Å². The highest BCUT2D eigenvalue weighted by Crippen LogP contribution is 2.37. The van der Waals surface area contributed by atoms with Crippen LogP contribution >= 0.6 is 0 Å². The van der Waals surface area contributed by atoms with Crippen molar-refractivity contribution < 1.29 is 33.3 Å². The maximum absolute atomic E-state index is 12.8. The SMILES string of the molecule is COC(=O)c1ccc(COc2ccc3c(c2)OC(=Cc2cccc(OC)c2OC)C3=O)cc1. The van der Waals surface area contributed by atoms with E-state index < -0.39 is 5.97 Å². The Hall–Kier alpha value is -4.26. The molecular weight excluding hydrogens is 424 g/mol. The fraction of sp³-hybridized carbons (Fsp3) is 0.154. The van der Waals surface area contributed by atoms with E-state index in [9.17, 15) is 9.59 Å². The number of ketones is 1. The number of allylic oxidation sites excluding steroid dienone is 1. The molecule has 0 aromatic heterocycles. The van der Waals surface area contributed by atoms with Crippen LogP contribution in [0.1, 0.15) is 31.8 Å². The maximum atomic E-state index is 12.8. The topological polar surface area (TPSA) is 80.3 Å². The van der Waals surface area contributed by atoms with Crippen molar-refractivity contribution in [3.8, 4) is 23.0 Å². The molecule has 168 valence electrons.